The standard InChI is InChI=1S/C22H20N4O2/c1-15-11-12-26-14-20(25-21(26)13-15)16-3-5-17(6-4-16)23-22(27)24-18-7-9-19(28-2)10-8-18/h3-14H,1-2H3,(H2,23,24,27). The van der Waals surface area contributed by atoms with E-state index in [9.17, 15) is 4.79 Å². The number of imidazole rings is 1. The van der Waals surface area contributed by atoms with Crippen molar-refractivity contribution in [3.63, 3.8) is 0 Å². The smallest absolute Gasteiger partial charge is 0.323 e. The number of pyridine rings is 1. The van der Waals surface area contributed by atoms with Crippen molar-refractivity contribution in [1.82, 2.24) is 9.38 Å². The first-order chi connectivity index (χ1) is 13.6. The van der Waals surface area contributed by atoms with Crippen LogP contribution in [0.25, 0.3) is 16.9 Å². The number of anilines is 2. The molecular weight excluding hydrogens is 352 g/mol. The fourth-order valence-corrected chi connectivity index (χ4v) is 2.91. The lowest BCUT2D eigenvalue weighted by molar-refractivity contribution is 0.262. The molecule has 0 unspecified atom stereocenters. The van der Waals surface area contributed by atoms with Gasteiger partial charge in [-0.25, -0.2) is 9.78 Å². The molecule has 4 rings (SSSR count). The van der Waals surface area contributed by atoms with Gasteiger partial charge in [0.2, 0.25) is 0 Å². The van der Waals surface area contributed by atoms with Gasteiger partial charge in [-0.2, -0.15) is 0 Å². The number of methoxy groups -OCH3 is 1. The van der Waals surface area contributed by atoms with Gasteiger partial charge in [0, 0.05) is 29.3 Å². The van der Waals surface area contributed by atoms with E-state index in [4.69, 9.17) is 4.74 Å². The largest absolute Gasteiger partial charge is 0.497 e. The second kappa shape index (κ2) is 7.44. The Morgan fingerprint density at radius 1 is 0.964 bits per heavy atom. The maximum atomic E-state index is 12.2. The van der Waals surface area contributed by atoms with Crippen molar-refractivity contribution in [1.29, 1.82) is 0 Å². The third-order valence-electron chi connectivity index (χ3n) is 4.40. The van der Waals surface area contributed by atoms with Gasteiger partial charge in [0.25, 0.3) is 0 Å². The second-order valence-electron chi connectivity index (χ2n) is 6.48. The molecule has 0 aliphatic heterocycles. The first-order valence-corrected chi connectivity index (χ1v) is 8.88. The molecule has 0 aliphatic carbocycles. The van der Waals surface area contributed by atoms with Gasteiger partial charge in [0.15, 0.2) is 0 Å². The zero-order valence-corrected chi connectivity index (χ0v) is 15.6. The van der Waals surface area contributed by atoms with Gasteiger partial charge in [-0.1, -0.05) is 12.1 Å². The molecule has 0 saturated heterocycles. The van der Waals surface area contributed by atoms with Crippen LogP contribution in [0.2, 0.25) is 0 Å². The molecule has 0 bridgehead atoms. The molecule has 28 heavy (non-hydrogen) atoms. The van der Waals surface area contributed by atoms with E-state index in [1.165, 1.54) is 5.56 Å². The Balaban J connectivity index is 1.44. The van der Waals surface area contributed by atoms with E-state index >= 15 is 0 Å². The van der Waals surface area contributed by atoms with E-state index < -0.39 is 0 Å². The molecule has 0 saturated carbocycles. The van der Waals surface area contributed by atoms with Crippen LogP contribution in [0.3, 0.4) is 0 Å². The number of hydrogen-bond donors (Lipinski definition) is 2. The van der Waals surface area contributed by atoms with Gasteiger partial charge in [-0.3, -0.25) is 0 Å². The van der Waals surface area contributed by atoms with Crippen LogP contribution < -0.4 is 15.4 Å². The molecule has 140 valence electrons. The van der Waals surface area contributed by atoms with Crippen molar-refractivity contribution in [2.75, 3.05) is 17.7 Å². The van der Waals surface area contributed by atoms with Crippen LogP contribution in [0.4, 0.5) is 16.2 Å². The van der Waals surface area contributed by atoms with Crippen LogP contribution >= 0.6 is 0 Å². The SMILES string of the molecule is COc1ccc(NC(=O)Nc2ccc(-c3cn4ccc(C)cc4n3)cc2)cc1. The third-order valence-corrected chi connectivity index (χ3v) is 4.40. The summed E-state index contributed by atoms with van der Waals surface area (Å²) < 4.78 is 7.10. The number of nitrogens with zero attached hydrogens (tertiary/aromatic N) is 2. The summed E-state index contributed by atoms with van der Waals surface area (Å²) in [6.45, 7) is 2.05. The molecule has 0 radical (unpaired) electrons. The minimum absolute atomic E-state index is 0.305. The van der Waals surface area contributed by atoms with Crippen LogP contribution in [-0.2, 0) is 0 Å². The quantitative estimate of drug-likeness (QED) is 0.532. The Kier molecular flexibility index (Phi) is 4.68. The van der Waals surface area contributed by atoms with Gasteiger partial charge in [0.1, 0.15) is 11.4 Å². The number of aryl methyl sites for hydroxylation is 1. The van der Waals surface area contributed by atoms with Crippen molar-refractivity contribution in [3.8, 4) is 17.0 Å². The van der Waals surface area contributed by atoms with Crippen LogP contribution in [-0.4, -0.2) is 22.5 Å². The molecule has 0 atom stereocenters. The fourth-order valence-electron chi connectivity index (χ4n) is 2.91. The number of amides is 2. The predicted octanol–water partition coefficient (Wildman–Crippen LogP) is 4.96. The first-order valence-electron chi connectivity index (χ1n) is 8.88. The van der Waals surface area contributed by atoms with Crippen molar-refractivity contribution in [2.45, 2.75) is 6.92 Å². The fraction of sp³-hybridized carbons (Fsp3) is 0.0909. The van der Waals surface area contributed by atoms with E-state index in [1.54, 1.807) is 31.4 Å². The number of aromatic nitrogens is 2. The lowest BCUT2D eigenvalue weighted by atomic mass is 10.1. The number of nitrogens with one attached hydrogen (secondary N) is 2. The summed E-state index contributed by atoms with van der Waals surface area (Å²) in [7, 11) is 1.60. The summed E-state index contributed by atoms with van der Waals surface area (Å²) in [5.41, 5.74) is 5.36. The van der Waals surface area contributed by atoms with E-state index in [2.05, 4.69) is 15.6 Å². The van der Waals surface area contributed by atoms with Crippen molar-refractivity contribution in [2.24, 2.45) is 0 Å². The topological polar surface area (TPSA) is 67.7 Å². The predicted molar refractivity (Wildman–Crippen MR) is 111 cm³/mol. The summed E-state index contributed by atoms with van der Waals surface area (Å²) in [6.07, 6.45) is 3.99. The molecule has 0 spiro atoms. The first kappa shape index (κ1) is 17.6. The molecule has 0 fully saturated rings. The van der Waals surface area contributed by atoms with E-state index in [1.807, 2.05) is 60.1 Å². The Morgan fingerprint density at radius 2 is 1.61 bits per heavy atom. The number of benzene rings is 2. The van der Waals surface area contributed by atoms with Crippen LogP contribution in [0, 0.1) is 6.92 Å². The summed E-state index contributed by atoms with van der Waals surface area (Å²) in [4.78, 5) is 16.8. The van der Waals surface area contributed by atoms with Crippen molar-refractivity contribution < 1.29 is 9.53 Å². The lowest BCUT2D eigenvalue weighted by Gasteiger charge is -2.08. The lowest BCUT2D eigenvalue weighted by Crippen LogP contribution is -2.19. The number of rotatable bonds is 4. The molecule has 2 amide bonds. The number of carbonyl (C=O) groups is 1. The Hall–Kier alpha value is -3.80. The third kappa shape index (κ3) is 3.81. The van der Waals surface area contributed by atoms with Crippen LogP contribution in [0.1, 0.15) is 5.56 Å². The summed E-state index contributed by atoms with van der Waals surface area (Å²) in [5, 5.41) is 5.61. The number of fused-ring (bicyclic) bond motifs is 1. The van der Waals surface area contributed by atoms with Gasteiger partial charge >= 0.3 is 6.03 Å². The summed E-state index contributed by atoms with van der Waals surface area (Å²) in [6, 6.07) is 18.5. The maximum Gasteiger partial charge on any atom is 0.323 e. The van der Waals surface area contributed by atoms with E-state index in [0.29, 0.717) is 11.4 Å². The summed E-state index contributed by atoms with van der Waals surface area (Å²) >= 11 is 0. The van der Waals surface area contributed by atoms with Gasteiger partial charge < -0.3 is 19.8 Å². The molecule has 0 aliphatic rings. The zero-order chi connectivity index (χ0) is 19.5. The Labute approximate surface area is 162 Å². The number of ether oxygens (including phenoxy) is 1. The average molecular weight is 372 g/mol. The minimum Gasteiger partial charge on any atom is -0.497 e. The van der Waals surface area contributed by atoms with Crippen LogP contribution in [0.15, 0.2) is 73.1 Å². The van der Waals surface area contributed by atoms with E-state index in [-0.39, 0.29) is 6.03 Å². The Morgan fingerprint density at radius 3 is 2.25 bits per heavy atom. The number of hydrogen-bond acceptors (Lipinski definition) is 3. The number of urea groups is 1. The molecule has 6 heteroatoms. The summed E-state index contributed by atoms with van der Waals surface area (Å²) in [5.74, 6) is 0.739. The van der Waals surface area contributed by atoms with Gasteiger partial charge in [0.05, 0.1) is 12.8 Å². The van der Waals surface area contributed by atoms with Gasteiger partial charge in [-0.15, -0.1) is 0 Å². The molecule has 2 aromatic carbocycles. The Bertz CT molecular complexity index is 1120. The zero-order valence-electron chi connectivity index (χ0n) is 15.6. The van der Waals surface area contributed by atoms with Crippen molar-refractivity contribution >= 4 is 23.1 Å². The normalized spacial score (nSPS) is 10.6. The molecule has 2 aromatic heterocycles. The molecule has 2 N–H and O–H groups in total. The molecule has 2 heterocycles. The molecule has 4 aromatic rings. The van der Waals surface area contributed by atoms with Crippen LogP contribution in [0.5, 0.6) is 5.75 Å². The highest BCUT2D eigenvalue weighted by Crippen LogP contribution is 2.22. The monoisotopic (exact) mass is 372 g/mol. The maximum absolute atomic E-state index is 12.2. The highest BCUT2D eigenvalue weighted by atomic mass is 16.5. The minimum atomic E-state index is -0.305. The second-order valence-corrected chi connectivity index (χ2v) is 6.48. The highest BCUT2D eigenvalue weighted by Gasteiger charge is 2.07. The van der Waals surface area contributed by atoms with Crippen molar-refractivity contribution in [3.05, 3.63) is 78.6 Å². The average Bonchev–Trinajstić information content (AvgIpc) is 3.12. The highest BCUT2D eigenvalue weighted by molar-refractivity contribution is 5.99. The molecule has 6 nitrogen and oxygen atoms in total. The van der Waals surface area contributed by atoms with Gasteiger partial charge in [-0.05, 0) is 61.0 Å². The molecular formula is C22H20N4O2. The number of carbonyl (C=O) groups excluding carboxylic acids is 1. The van der Waals surface area contributed by atoms with E-state index in [0.717, 1.165) is 22.7 Å².